The van der Waals surface area contributed by atoms with Crippen LogP contribution in [0.5, 0.6) is 0 Å². The van der Waals surface area contributed by atoms with E-state index in [-0.39, 0.29) is 24.4 Å². The van der Waals surface area contributed by atoms with Gasteiger partial charge in [-0.1, -0.05) is 6.07 Å². The molecule has 0 unspecified atom stereocenters. The Morgan fingerprint density at radius 2 is 2.13 bits per heavy atom. The van der Waals surface area contributed by atoms with Crippen molar-refractivity contribution in [1.29, 1.82) is 0 Å². The van der Waals surface area contributed by atoms with Crippen LogP contribution in [0.2, 0.25) is 0 Å². The van der Waals surface area contributed by atoms with Crippen LogP contribution < -0.4 is 5.73 Å². The van der Waals surface area contributed by atoms with Crippen LogP contribution in [0.25, 0.3) is 0 Å². The smallest absolute Gasteiger partial charge is 0.263 e. The molecule has 84 valence electrons. The van der Waals surface area contributed by atoms with Crippen molar-refractivity contribution in [2.75, 3.05) is 13.1 Å². The normalized spacial score (nSPS) is 17.3. The third-order valence-corrected chi connectivity index (χ3v) is 3.42. The average molecular weight is 247 g/mol. The highest BCUT2D eigenvalue weighted by atomic mass is 35.5. The molecule has 1 amide bonds. The minimum Gasteiger partial charge on any atom is -0.338 e. The number of nitrogens with zero attached hydrogens (tertiary/aromatic N) is 1. The highest BCUT2D eigenvalue weighted by Gasteiger charge is 2.21. The molecule has 0 radical (unpaired) electrons. The number of thiophene rings is 1. The molecule has 3 nitrogen and oxygen atoms in total. The van der Waals surface area contributed by atoms with Gasteiger partial charge in [-0.3, -0.25) is 4.79 Å². The number of halogens is 1. The topological polar surface area (TPSA) is 46.3 Å². The van der Waals surface area contributed by atoms with Crippen LogP contribution in [-0.4, -0.2) is 29.9 Å². The molecule has 0 atom stereocenters. The van der Waals surface area contributed by atoms with Crippen LogP contribution in [0.4, 0.5) is 0 Å². The minimum atomic E-state index is 0. The second-order valence-electron chi connectivity index (χ2n) is 3.61. The lowest BCUT2D eigenvalue weighted by Gasteiger charge is -2.29. The lowest BCUT2D eigenvalue weighted by Crippen LogP contribution is -2.42. The molecule has 5 heteroatoms. The van der Waals surface area contributed by atoms with Gasteiger partial charge in [-0.25, -0.2) is 0 Å². The Kier molecular flexibility index (Phi) is 4.57. The van der Waals surface area contributed by atoms with E-state index in [9.17, 15) is 4.79 Å². The van der Waals surface area contributed by atoms with Crippen LogP contribution in [0, 0.1) is 0 Å². The molecular formula is C10H15ClN2OS. The lowest BCUT2D eigenvalue weighted by molar-refractivity contribution is 0.0719. The summed E-state index contributed by atoms with van der Waals surface area (Å²) in [6.07, 6.45) is 1.86. The van der Waals surface area contributed by atoms with Crippen molar-refractivity contribution in [3.05, 3.63) is 22.4 Å². The van der Waals surface area contributed by atoms with Crippen molar-refractivity contribution < 1.29 is 4.79 Å². The van der Waals surface area contributed by atoms with E-state index in [1.54, 1.807) is 0 Å². The first-order valence-corrected chi connectivity index (χ1v) is 5.73. The highest BCUT2D eigenvalue weighted by molar-refractivity contribution is 7.12. The molecule has 0 spiro atoms. The first-order chi connectivity index (χ1) is 6.77. The van der Waals surface area contributed by atoms with Crippen LogP contribution in [-0.2, 0) is 0 Å². The van der Waals surface area contributed by atoms with Gasteiger partial charge in [0.1, 0.15) is 0 Å². The second-order valence-corrected chi connectivity index (χ2v) is 4.55. The molecule has 0 bridgehead atoms. The Morgan fingerprint density at radius 1 is 1.47 bits per heavy atom. The van der Waals surface area contributed by atoms with Crippen molar-refractivity contribution in [3.8, 4) is 0 Å². The van der Waals surface area contributed by atoms with Gasteiger partial charge in [-0.15, -0.1) is 23.7 Å². The molecule has 1 aromatic rings. The SMILES string of the molecule is Cl.NC1CCN(C(=O)c2cccs2)CC1. The fourth-order valence-electron chi connectivity index (χ4n) is 1.66. The lowest BCUT2D eigenvalue weighted by atomic mass is 10.1. The minimum absolute atomic E-state index is 0. The van der Waals surface area contributed by atoms with E-state index in [0.29, 0.717) is 0 Å². The highest BCUT2D eigenvalue weighted by Crippen LogP contribution is 2.15. The summed E-state index contributed by atoms with van der Waals surface area (Å²) in [5.41, 5.74) is 5.78. The molecule has 1 aliphatic heterocycles. The fraction of sp³-hybridized carbons (Fsp3) is 0.500. The fourth-order valence-corrected chi connectivity index (χ4v) is 2.35. The zero-order valence-electron chi connectivity index (χ0n) is 8.39. The molecule has 0 aliphatic carbocycles. The van der Waals surface area contributed by atoms with Crippen molar-refractivity contribution in [2.45, 2.75) is 18.9 Å². The van der Waals surface area contributed by atoms with Gasteiger partial charge in [0, 0.05) is 19.1 Å². The summed E-state index contributed by atoms with van der Waals surface area (Å²) in [5, 5.41) is 1.93. The third-order valence-electron chi connectivity index (χ3n) is 2.56. The largest absolute Gasteiger partial charge is 0.338 e. The number of amides is 1. The van der Waals surface area contributed by atoms with Gasteiger partial charge in [-0.05, 0) is 24.3 Å². The molecule has 1 fully saturated rings. The van der Waals surface area contributed by atoms with E-state index in [1.165, 1.54) is 11.3 Å². The number of piperidine rings is 1. The maximum atomic E-state index is 11.9. The van der Waals surface area contributed by atoms with E-state index in [1.807, 2.05) is 22.4 Å². The maximum Gasteiger partial charge on any atom is 0.263 e. The first kappa shape index (κ1) is 12.5. The van der Waals surface area contributed by atoms with Crippen molar-refractivity contribution in [3.63, 3.8) is 0 Å². The molecule has 1 saturated heterocycles. The van der Waals surface area contributed by atoms with Crippen LogP contribution in [0.3, 0.4) is 0 Å². The van der Waals surface area contributed by atoms with Crippen LogP contribution in [0.15, 0.2) is 17.5 Å². The number of hydrogen-bond donors (Lipinski definition) is 1. The van der Waals surface area contributed by atoms with E-state index >= 15 is 0 Å². The number of hydrogen-bond acceptors (Lipinski definition) is 3. The predicted octanol–water partition coefficient (Wildman–Crippen LogP) is 1.73. The van der Waals surface area contributed by atoms with Crippen LogP contribution in [0.1, 0.15) is 22.5 Å². The van der Waals surface area contributed by atoms with Gasteiger partial charge in [-0.2, -0.15) is 0 Å². The molecule has 2 heterocycles. The zero-order chi connectivity index (χ0) is 9.97. The van der Waals surface area contributed by atoms with Gasteiger partial charge in [0.2, 0.25) is 0 Å². The van der Waals surface area contributed by atoms with Crippen molar-refractivity contribution >= 4 is 29.7 Å². The summed E-state index contributed by atoms with van der Waals surface area (Å²) < 4.78 is 0. The molecule has 1 aliphatic rings. The maximum absolute atomic E-state index is 11.9. The number of rotatable bonds is 1. The second kappa shape index (κ2) is 5.49. The molecule has 2 N–H and O–H groups in total. The van der Waals surface area contributed by atoms with Gasteiger partial charge in [0.25, 0.3) is 5.91 Å². The van der Waals surface area contributed by atoms with Crippen molar-refractivity contribution in [1.82, 2.24) is 4.90 Å². The van der Waals surface area contributed by atoms with E-state index in [4.69, 9.17) is 5.73 Å². The number of carbonyl (C=O) groups is 1. The molecule has 0 aromatic carbocycles. The molecule has 15 heavy (non-hydrogen) atoms. The summed E-state index contributed by atoms with van der Waals surface area (Å²) in [6, 6.07) is 4.07. The summed E-state index contributed by atoms with van der Waals surface area (Å²) in [7, 11) is 0. The number of likely N-dealkylation sites (tertiary alicyclic amines) is 1. The Bertz CT molecular complexity index is 307. The van der Waals surface area contributed by atoms with E-state index in [0.717, 1.165) is 30.8 Å². The number of nitrogens with two attached hydrogens (primary N) is 1. The van der Waals surface area contributed by atoms with E-state index in [2.05, 4.69) is 0 Å². The Labute approximate surface area is 99.7 Å². The molecule has 1 aromatic heterocycles. The van der Waals surface area contributed by atoms with Gasteiger partial charge in [0.05, 0.1) is 4.88 Å². The third kappa shape index (κ3) is 2.93. The van der Waals surface area contributed by atoms with Gasteiger partial charge < -0.3 is 10.6 Å². The monoisotopic (exact) mass is 246 g/mol. The number of carbonyl (C=O) groups excluding carboxylic acids is 1. The molecule has 2 rings (SSSR count). The van der Waals surface area contributed by atoms with Gasteiger partial charge >= 0.3 is 0 Å². The standard InChI is InChI=1S/C10H14N2OS.ClH/c11-8-3-5-12(6-4-8)10(13)9-2-1-7-14-9;/h1-2,7-8H,3-6,11H2;1H. The van der Waals surface area contributed by atoms with E-state index < -0.39 is 0 Å². The summed E-state index contributed by atoms with van der Waals surface area (Å²) in [5.74, 6) is 0.159. The quantitative estimate of drug-likeness (QED) is 0.821. The summed E-state index contributed by atoms with van der Waals surface area (Å²) in [6.45, 7) is 1.61. The molecular weight excluding hydrogens is 232 g/mol. The van der Waals surface area contributed by atoms with Crippen LogP contribution >= 0.6 is 23.7 Å². The Hall–Kier alpha value is -0.580. The average Bonchev–Trinajstić information content (AvgIpc) is 2.71. The Balaban J connectivity index is 0.00000112. The predicted molar refractivity (Wildman–Crippen MR) is 64.7 cm³/mol. The Morgan fingerprint density at radius 3 is 2.67 bits per heavy atom. The first-order valence-electron chi connectivity index (χ1n) is 4.86. The summed E-state index contributed by atoms with van der Waals surface area (Å²) in [4.78, 5) is 14.6. The van der Waals surface area contributed by atoms with Crippen molar-refractivity contribution in [2.24, 2.45) is 5.73 Å². The van der Waals surface area contributed by atoms with Gasteiger partial charge in [0.15, 0.2) is 0 Å². The summed E-state index contributed by atoms with van der Waals surface area (Å²) >= 11 is 1.50. The zero-order valence-corrected chi connectivity index (χ0v) is 10.0. The molecule has 0 saturated carbocycles.